The molecule has 5 nitrogen and oxygen atoms in total. The predicted molar refractivity (Wildman–Crippen MR) is 96.2 cm³/mol. The molecule has 2 saturated heterocycles. The number of thioether (sulfide) groups is 1. The fourth-order valence-electron chi connectivity index (χ4n) is 3.32. The second-order valence-corrected chi connectivity index (χ2v) is 8.03. The van der Waals surface area contributed by atoms with E-state index in [-0.39, 0.29) is 35.9 Å². The number of benzene rings is 1. The molecule has 27 heavy (non-hydrogen) atoms. The highest BCUT2D eigenvalue weighted by Gasteiger charge is 2.35. The van der Waals surface area contributed by atoms with E-state index in [1.165, 1.54) is 28.8 Å². The van der Waals surface area contributed by atoms with Crippen molar-refractivity contribution in [3.63, 3.8) is 0 Å². The Morgan fingerprint density at radius 3 is 2.44 bits per heavy atom. The Morgan fingerprint density at radius 2 is 1.85 bits per heavy atom. The van der Waals surface area contributed by atoms with Gasteiger partial charge in [0.25, 0.3) is 0 Å². The lowest BCUT2D eigenvalue weighted by molar-refractivity contribution is -0.883. The molecule has 0 aliphatic carbocycles. The number of hydrogen-bond acceptors (Lipinski definition) is 3. The molecule has 2 aliphatic rings. The summed E-state index contributed by atoms with van der Waals surface area (Å²) in [5.74, 6) is 0.219. The largest absolute Gasteiger partial charge is 0.416 e. The van der Waals surface area contributed by atoms with Crippen molar-refractivity contribution in [2.24, 2.45) is 0 Å². The molecule has 3 rings (SSSR count). The molecule has 0 aromatic heterocycles. The average Bonchev–Trinajstić information content (AvgIpc) is 3.00. The molecule has 0 radical (unpaired) electrons. The highest BCUT2D eigenvalue weighted by atomic mass is 32.2. The lowest BCUT2D eigenvalue weighted by atomic mass is 10.1. The average molecular weight is 402 g/mol. The number of nitrogens with one attached hydrogen (secondary N) is 1. The van der Waals surface area contributed by atoms with Gasteiger partial charge in [-0.15, -0.1) is 11.8 Å². The van der Waals surface area contributed by atoms with Gasteiger partial charge in [0.1, 0.15) is 5.37 Å². The predicted octanol–water partition coefficient (Wildman–Crippen LogP) is 1.03. The molecular formula is C18H23F3N3O2S+. The topological polar surface area (TPSA) is 45.1 Å². The number of hydrogen-bond donors (Lipinski definition) is 1. The Kier molecular flexibility index (Phi) is 6.00. The summed E-state index contributed by atoms with van der Waals surface area (Å²) in [6, 6.07) is 4.90. The number of carbonyl (C=O) groups is 2. The van der Waals surface area contributed by atoms with Crippen LogP contribution < -0.4 is 4.90 Å². The maximum atomic E-state index is 12.7. The molecule has 1 atom stereocenters. The minimum absolute atomic E-state index is 0.0263. The Morgan fingerprint density at radius 1 is 1.22 bits per heavy atom. The molecule has 0 bridgehead atoms. The fourth-order valence-corrected chi connectivity index (χ4v) is 4.54. The van der Waals surface area contributed by atoms with E-state index < -0.39 is 11.7 Å². The number of likely N-dealkylation sites (N-methyl/N-ethyl adjacent to an activating group) is 1. The van der Waals surface area contributed by atoms with Gasteiger partial charge < -0.3 is 14.7 Å². The van der Waals surface area contributed by atoms with Gasteiger partial charge in [0, 0.05) is 13.0 Å². The standard InChI is InChI=1S/C18H22F3N3O2S/c1-22-8-10-23(11-9-22)15(25)6-7-24-16(26)12-27-17(24)13-2-4-14(5-3-13)18(19,20)21/h2-5,17H,6-12H2,1H3/p+1/t17-/m1/s1. The molecule has 1 N–H and O–H groups in total. The second kappa shape index (κ2) is 8.10. The van der Waals surface area contributed by atoms with E-state index in [1.807, 2.05) is 4.90 Å². The van der Waals surface area contributed by atoms with Crippen LogP contribution in [0.4, 0.5) is 13.2 Å². The van der Waals surface area contributed by atoms with Gasteiger partial charge in [0.05, 0.1) is 44.5 Å². The first-order valence-corrected chi connectivity index (χ1v) is 9.98. The molecular weight excluding hydrogens is 379 g/mol. The van der Waals surface area contributed by atoms with Gasteiger partial charge in [-0.2, -0.15) is 13.2 Å². The van der Waals surface area contributed by atoms with E-state index in [0.717, 1.165) is 38.3 Å². The summed E-state index contributed by atoms with van der Waals surface area (Å²) >= 11 is 1.38. The van der Waals surface area contributed by atoms with E-state index in [4.69, 9.17) is 0 Å². The Hall–Kier alpha value is -1.74. The van der Waals surface area contributed by atoms with Crippen LogP contribution in [0.2, 0.25) is 0 Å². The Bertz CT molecular complexity index is 688. The lowest BCUT2D eigenvalue weighted by Crippen LogP contribution is -3.12. The molecule has 0 saturated carbocycles. The minimum atomic E-state index is -4.38. The van der Waals surface area contributed by atoms with Gasteiger partial charge in [0.15, 0.2) is 0 Å². The van der Waals surface area contributed by atoms with E-state index in [0.29, 0.717) is 5.56 Å². The second-order valence-electron chi connectivity index (χ2n) is 6.96. The first-order valence-electron chi connectivity index (χ1n) is 8.93. The highest BCUT2D eigenvalue weighted by molar-refractivity contribution is 8.00. The highest BCUT2D eigenvalue weighted by Crippen LogP contribution is 2.39. The monoisotopic (exact) mass is 402 g/mol. The van der Waals surface area contributed by atoms with Gasteiger partial charge in [-0.05, 0) is 17.7 Å². The molecule has 0 spiro atoms. The fraction of sp³-hybridized carbons (Fsp3) is 0.556. The van der Waals surface area contributed by atoms with Crippen LogP contribution in [0.5, 0.6) is 0 Å². The SMILES string of the molecule is C[NH+]1CCN(C(=O)CCN2C(=O)CS[C@@H]2c2ccc(C(F)(F)F)cc2)CC1. The lowest BCUT2D eigenvalue weighted by Gasteiger charge is -2.31. The number of alkyl halides is 3. The van der Waals surface area contributed by atoms with E-state index in [2.05, 4.69) is 7.05 Å². The van der Waals surface area contributed by atoms with Crippen molar-refractivity contribution >= 4 is 23.6 Å². The summed E-state index contributed by atoms with van der Waals surface area (Å²) in [4.78, 5) is 29.5. The van der Waals surface area contributed by atoms with Crippen molar-refractivity contribution in [1.29, 1.82) is 0 Å². The van der Waals surface area contributed by atoms with E-state index >= 15 is 0 Å². The molecule has 2 fully saturated rings. The van der Waals surface area contributed by atoms with Gasteiger partial charge in [-0.1, -0.05) is 12.1 Å². The zero-order valence-corrected chi connectivity index (χ0v) is 15.9. The van der Waals surface area contributed by atoms with Crippen LogP contribution in [0.15, 0.2) is 24.3 Å². The van der Waals surface area contributed by atoms with Gasteiger partial charge in [-0.3, -0.25) is 9.59 Å². The first-order chi connectivity index (χ1) is 12.8. The van der Waals surface area contributed by atoms with Crippen LogP contribution in [0.1, 0.15) is 22.9 Å². The third-order valence-electron chi connectivity index (χ3n) is 5.03. The number of piperazine rings is 1. The van der Waals surface area contributed by atoms with Crippen molar-refractivity contribution in [3.05, 3.63) is 35.4 Å². The van der Waals surface area contributed by atoms with Crippen molar-refractivity contribution in [3.8, 4) is 0 Å². The smallest absolute Gasteiger partial charge is 0.334 e. The third kappa shape index (κ3) is 4.76. The maximum absolute atomic E-state index is 12.7. The number of nitrogens with zero attached hydrogens (tertiary/aromatic N) is 2. The van der Waals surface area contributed by atoms with E-state index in [9.17, 15) is 22.8 Å². The normalized spacial score (nSPS) is 21.8. The minimum Gasteiger partial charge on any atom is -0.334 e. The number of carbonyl (C=O) groups excluding carboxylic acids is 2. The van der Waals surface area contributed by atoms with Crippen LogP contribution in [0, 0.1) is 0 Å². The van der Waals surface area contributed by atoms with Crippen molar-refractivity contribution < 1.29 is 27.7 Å². The number of amides is 2. The van der Waals surface area contributed by atoms with Crippen LogP contribution in [-0.2, 0) is 15.8 Å². The molecule has 148 valence electrons. The van der Waals surface area contributed by atoms with Crippen LogP contribution >= 0.6 is 11.8 Å². The molecule has 1 aromatic carbocycles. The van der Waals surface area contributed by atoms with Crippen molar-refractivity contribution in [2.75, 3.05) is 45.5 Å². The number of quaternary nitrogens is 1. The zero-order chi connectivity index (χ0) is 19.6. The molecule has 2 aliphatic heterocycles. The van der Waals surface area contributed by atoms with E-state index in [1.54, 1.807) is 4.90 Å². The zero-order valence-electron chi connectivity index (χ0n) is 15.1. The van der Waals surface area contributed by atoms with Crippen LogP contribution in [-0.4, -0.2) is 67.1 Å². The quantitative estimate of drug-likeness (QED) is 0.818. The summed E-state index contributed by atoms with van der Waals surface area (Å²) in [5.41, 5.74) is -0.0611. The first kappa shape index (κ1) is 20.0. The van der Waals surface area contributed by atoms with Gasteiger partial charge in [0.2, 0.25) is 11.8 Å². The summed E-state index contributed by atoms with van der Waals surface area (Å²) in [6.45, 7) is 3.55. The van der Waals surface area contributed by atoms with Crippen LogP contribution in [0.3, 0.4) is 0 Å². The molecule has 2 amide bonds. The number of rotatable bonds is 4. The summed E-state index contributed by atoms with van der Waals surface area (Å²) in [5, 5.41) is -0.343. The van der Waals surface area contributed by atoms with Crippen molar-refractivity contribution in [1.82, 2.24) is 9.80 Å². The molecule has 0 unspecified atom stereocenters. The molecule has 2 heterocycles. The molecule has 9 heteroatoms. The maximum Gasteiger partial charge on any atom is 0.416 e. The number of halogens is 3. The van der Waals surface area contributed by atoms with Gasteiger partial charge in [-0.25, -0.2) is 0 Å². The Labute approximate surface area is 160 Å². The Balaban J connectivity index is 1.62. The summed E-state index contributed by atoms with van der Waals surface area (Å²) in [7, 11) is 2.09. The van der Waals surface area contributed by atoms with Crippen LogP contribution in [0.25, 0.3) is 0 Å². The molecule has 1 aromatic rings. The van der Waals surface area contributed by atoms with Gasteiger partial charge >= 0.3 is 6.18 Å². The summed E-state index contributed by atoms with van der Waals surface area (Å²) < 4.78 is 38.2. The third-order valence-corrected chi connectivity index (χ3v) is 6.28. The summed E-state index contributed by atoms with van der Waals surface area (Å²) in [6.07, 6.45) is -4.14. The van der Waals surface area contributed by atoms with Crippen molar-refractivity contribution in [2.45, 2.75) is 18.0 Å².